The summed E-state index contributed by atoms with van der Waals surface area (Å²) in [6.45, 7) is 5.15. The summed E-state index contributed by atoms with van der Waals surface area (Å²) in [5.74, 6) is 0.0855. The number of aromatic nitrogens is 2. The highest BCUT2D eigenvalue weighted by Crippen LogP contribution is 2.21. The van der Waals surface area contributed by atoms with Gasteiger partial charge in [-0.3, -0.25) is 9.78 Å². The Labute approximate surface area is 121 Å². The molecule has 1 fully saturated rings. The molecular formula is C14H16N4OS. The minimum absolute atomic E-state index is 0.0855. The third-order valence-electron chi connectivity index (χ3n) is 3.37. The smallest absolute Gasteiger partial charge is 0.254 e. The topological polar surface area (TPSA) is 49.3 Å². The quantitative estimate of drug-likeness (QED) is 0.845. The number of aryl methyl sites for hydroxylation is 1. The maximum absolute atomic E-state index is 12.3. The molecule has 0 atom stereocenters. The van der Waals surface area contributed by atoms with E-state index in [1.165, 1.54) is 0 Å². The van der Waals surface area contributed by atoms with Crippen molar-refractivity contribution in [2.75, 3.05) is 31.1 Å². The van der Waals surface area contributed by atoms with Crippen LogP contribution in [0.3, 0.4) is 0 Å². The van der Waals surface area contributed by atoms with Gasteiger partial charge < -0.3 is 9.80 Å². The molecule has 0 radical (unpaired) electrons. The number of hydrogen-bond acceptors (Lipinski definition) is 5. The third-order valence-corrected chi connectivity index (χ3v) is 4.39. The number of anilines is 1. The molecule has 0 N–H and O–H groups in total. The van der Waals surface area contributed by atoms with Crippen molar-refractivity contribution >= 4 is 22.4 Å². The van der Waals surface area contributed by atoms with Gasteiger partial charge in [0.1, 0.15) is 0 Å². The van der Waals surface area contributed by atoms with Gasteiger partial charge in [0.15, 0.2) is 5.13 Å². The fraction of sp³-hybridized carbons (Fsp3) is 0.357. The Morgan fingerprint density at radius 1 is 1.20 bits per heavy atom. The molecule has 5 nitrogen and oxygen atoms in total. The van der Waals surface area contributed by atoms with Gasteiger partial charge in [-0.05, 0) is 19.1 Å². The van der Waals surface area contributed by atoms with Gasteiger partial charge in [-0.2, -0.15) is 0 Å². The maximum Gasteiger partial charge on any atom is 0.254 e. The molecule has 3 heterocycles. The van der Waals surface area contributed by atoms with Crippen LogP contribution < -0.4 is 4.90 Å². The molecule has 1 saturated heterocycles. The number of thiazole rings is 1. The first kappa shape index (κ1) is 13.1. The molecule has 3 rings (SSSR count). The Kier molecular flexibility index (Phi) is 3.64. The number of rotatable bonds is 2. The van der Waals surface area contributed by atoms with E-state index in [0.29, 0.717) is 5.56 Å². The first-order valence-corrected chi connectivity index (χ1v) is 7.48. The molecule has 0 bridgehead atoms. The van der Waals surface area contributed by atoms with Crippen molar-refractivity contribution in [3.8, 4) is 0 Å². The van der Waals surface area contributed by atoms with Crippen LogP contribution in [0.1, 0.15) is 16.1 Å². The molecule has 20 heavy (non-hydrogen) atoms. The van der Waals surface area contributed by atoms with E-state index in [4.69, 9.17) is 0 Å². The Hall–Kier alpha value is -1.95. The number of amides is 1. The lowest BCUT2D eigenvalue weighted by Crippen LogP contribution is -2.48. The van der Waals surface area contributed by atoms with Crippen molar-refractivity contribution < 1.29 is 4.79 Å². The van der Waals surface area contributed by atoms with Gasteiger partial charge in [0.2, 0.25) is 0 Å². The molecule has 2 aromatic heterocycles. The lowest BCUT2D eigenvalue weighted by molar-refractivity contribution is 0.0746. The predicted octanol–water partition coefficient (Wildman–Crippen LogP) is 1.81. The van der Waals surface area contributed by atoms with Crippen molar-refractivity contribution in [2.24, 2.45) is 0 Å². The van der Waals surface area contributed by atoms with Crippen LogP contribution >= 0.6 is 11.3 Å². The summed E-state index contributed by atoms with van der Waals surface area (Å²) in [5, 5.41) is 3.11. The molecule has 0 saturated carbocycles. The highest BCUT2D eigenvalue weighted by atomic mass is 32.1. The van der Waals surface area contributed by atoms with Gasteiger partial charge in [-0.1, -0.05) is 0 Å². The molecule has 6 heteroatoms. The van der Waals surface area contributed by atoms with E-state index in [9.17, 15) is 4.79 Å². The molecule has 104 valence electrons. The predicted molar refractivity (Wildman–Crippen MR) is 79.2 cm³/mol. The second kappa shape index (κ2) is 5.58. The van der Waals surface area contributed by atoms with E-state index in [1.807, 2.05) is 11.8 Å². The summed E-state index contributed by atoms with van der Waals surface area (Å²) in [6, 6.07) is 3.53. The van der Waals surface area contributed by atoms with Crippen LogP contribution in [-0.4, -0.2) is 47.0 Å². The summed E-state index contributed by atoms with van der Waals surface area (Å²) in [5.41, 5.74) is 1.76. The zero-order chi connectivity index (χ0) is 13.9. The van der Waals surface area contributed by atoms with E-state index < -0.39 is 0 Å². The van der Waals surface area contributed by atoms with E-state index in [0.717, 1.165) is 37.0 Å². The van der Waals surface area contributed by atoms with Crippen molar-refractivity contribution in [1.29, 1.82) is 0 Å². The average Bonchev–Trinajstić information content (AvgIpc) is 2.94. The highest BCUT2D eigenvalue weighted by Gasteiger charge is 2.23. The van der Waals surface area contributed by atoms with Crippen molar-refractivity contribution in [3.63, 3.8) is 0 Å². The lowest BCUT2D eigenvalue weighted by Gasteiger charge is -2.34. The Morgan fingerprint density at radius 2 is 1.90 bits per heavy atom. The zero-order valence-electron chi connectivity index (χ0n) is 11.3. The fourth-order valence-corrected chi connectivity index (χ4v) is 3.12. The van der Waals surface area contributed by atoms with Gasteiger partial charge in [0.25, 0.3) is 5.91 Å². The van der Waals surface area contributed by atoms with Gasteiger partial charge in [0, 0.05) is 49.5 Å². The summed E-state index contributed by atoms with van der Waals surface area (Å²) < 4.78 is 0. The molecule has 0 aromatic carbocycles. The number of nitrogens with zero attached hydrogens (tertiary/aromatic N) is 4. The van der Waals surface area contributed by atoms with E-state index in [2.05, 4.69) is 20.2 Å². The van der Waals surface area contributed by atoms with Crippen LogP contribution in [-0.2, 0) is 0 Å². The normalized spacial score (nSPS) is 15.4. The van der Waals surface area contributed by atoms with Gasteiger partial charge >= 0.3 is 0 Å². The zero-order valence-corrected chi connectivity index (χ0v) is 12.1. The van der Waals surface area contributed by atoms with Crippen LogP contribution in [0.2, 0.25) is 0 Å². The van der Waals surface area contributed by atoms with E-state index >= 15 is 0 Å². The lowest BCUT2D eigenvalue weighted by atomic mass is 10.2. The molecule has 0 aliphatic carbocycles. The molecule has 1 aliphatic rings. The van der Waals surface area contributed by atoms with Crippen LogP contribution in [0.25, 0.3) is 0 Å². The monoisotopic (exact) mass is 288 g/mol. The van der Waals surface area contributed by atoms with Gasteiger partial charge in [-0.15, -0.1) is 11.3 Å². The maximum atomic E-state index is 12.3. The fourth-order valence-electron chi connectivity index (χ4n) is 2.26. The first-order valence-electron chi connectivity index (χ1n) is 6.60. The largest absolute Gasteiger partial charge is 0.345 e. The Balaban J connectivity index is 1.63. The second-order valence-corrected chi connectivity index (χ2v) is 5.62. The van der Waals surface area contributed by atoms with E-state index in [1.54, 1.807) is 35.9 Å². The Bertz CT molecular complexity index is 590. The van der Waals surface area contributed by atoms with Crippen LogP contribution in [0, 0.1) is 6.92 Å². The summed E-state index contributed by atoms with van der Waals surface area (Å²) in [7, 11) is 0. The summed E-state index contributed by atoms with van der Waals surface area (Å²) >= 11 is 1.67. The van der Waals surface area contributed by atoms with Crippen molar-refractivity contribution in [2.45, 2.75) is 6.92 Å². The summed E-state index contributed by atoms with van der Waals surface area (Å²) in [4.78, 5) is 24.9. The van der Waals surface area contributed by atoms with Crippen LogP contribution in [0.5, 0.6) is 0 Å². The highest BCUT2D eigenvalue weighted by molar-refractivity contribution is 7.13. The number of pyridine rings is 1. The number of piperazine rings is 1. The third kappa shape index (κ3) is 2.65. The van der Waals surface area contributed by atoms with Crippen molar-refractivity contribution in [1.82, 2.24) is 14.9 Å². The number of carbonyl (C=O) groups excluding carboxylic acids is 1. The molecule has 0 spiro atoms. The standard InChI is InChI=1S/C14H16N4OS/c1-11-10-20-14(16-11)18-8-6-17(7-9-18)13(19)12-2-4-15-5-3-12/h2-5,10H,6-9H2,1H3. The minimum atomic E-state index is 0.0855. The molecular weight excluding hydrogens is 272 g/mol. The Morgan fingerprint density at radius 3 is 2.50 bits per heavy atom. The molecule has 2 aromatic rings. The van der Waals surface area contributed by atoms with Gasteiger partial charge in [-0.25, -0.2) is 4.98 Å². The van der Waals surface area contributed by atoms with E-state index in [-0.39, 0.29) is 5.91 Å². The number of carbonyl (C=O) groups is 1. The van der Waals surface area contributed by atoms with Crippen molar-refractivity contribution in [3.05, 3.63) is 41.2 Å². The average molecular weight is 288 g/mol. The van der Waals surface area contributed by atoms with Crippen LogP contribution in [0.4, 0.5) is 5.13 Å². The minimum Gasteiger partial charge on any atom is -0.345 e. The second-order valence-electron chi connectivity index (χ2n) is 4.79. The van der Waals surface area contributed by atoms with Crippen LogP contribution in [0.15, 0.2) is 29.9 Å². The summed E-state index contributed by atoms with van der Waals surface area (Å²) in [6.07, 6.45) is 3.31. The number of hydrogen-bond donors (Lipinski definition) is 0. The molecule has 0 unspecified atom stereocenters. The molecule has 1 amide bonds. The first-order chi connectivity index (χ1) is 9.74. The molecule has 1 aliphatic heterocycles. The SMILES string of the molecule is Cc1csc(N2CCN(C(=O)c3ccncc3)CC2)n1. The van der Waals surface area contributed by atoms with Gasteiger partial charge in [0.05, 0.1) is 5.69 Å².